The summed E-state index contributed by atoms with van der Waals surface area (Å²) in [5, 5.41) is 0. The van der Waals surface area contributed by atoms with E-state index < -0.39 is 0 Å². The minimum atomic E-state index is 0.0158. The topological polar surface area (TPSA) is 42.1 Å². The van der Waals surface area contributed by atoms with Crippen molar-refractivity contribution in [2.24, 2.45) is 0 Å². The molecular weight excluding hydrogens is 202 g/mol. The number of hydrogen-bond donors (Lipinski definition) is 1. The first-order valence-corrected chi connectivity index (χ1v) is 5.12. The van der Waals surface area contributed by atoms with Crippen molar-refractivity contribution in [3.8, 4) is 5.75 Å². The van der Waals surface area contributed by atoms with Gasteiger partial charge in [0.25, 0.3) is 0 Å². The van der Waals surface area contributed by atoms with E-state index in [0.29, 0.717) is 17.9 Å². The molecule has 0 bridgehead atoms. The molecule has 0 aliphatic carbocycles. The first-order chi connectivity index (χ1) is 7.77. The van der Waals surface area contributed by atoms with Gasteiger partial charge in [-0.05, 0) is 31.2 Å². The fourth-order valence-corrected chi connectivity index (χ4v) is 1.50. The molecule has 2 rings (SSSR count). The van der Waals surface area contributed by atoms with Crippen LogP contribution in [0.25, 0.3) is 0 Å². The summed E-state index contributed by atoms with van der Waals surface area (Å²) >= 11 is 0. The first-order valence-electron chi connectivity index (χ1n) is 5.12. The second kappa shape index (κ2) is 4.66. The van der Waals surface area contributed by atoms with Crippen molar-refractivity contribution in [2.45, 2.75) is 13.5 Å². The standard InChI is InChI=1S/C13H13NO2/c1-10(15)12-6-2-3-7-13(12)16-9-11-5-4-8-14-11/h2-8,14H,9H2,1H3. The van der Waals surface area contributed by atoms with Crippen molar-refractivity contribution in [1.29, 1.82) is 0 Å². The molecular formula is C13H13NO2. The third kappa shape index (κ3) is 2.31. The average molecular weight is 215 g/mol. The van der Waals surface area contributed by atoms with Crippen LogP contribution in [0, 0.1) is 0 Å². The van der Waals surface area contributed by atoms with Gasteiger partial charge in [0.1, 0.15) is 12.4 Å². The number of nitrogens with one attached hydrogen (secondary N) is 1. The molecule has 2 aromatic rings. The van der Waals surface area contributed by atoms with E-state index in [4.69, 9.17) is 4.74 Å². The van der Waals surface area contributed by atoms with E-state index in [-0.39, 0.29) is 5.78 Å². The fourth-order valence-electron chi connectivity index (χ4n) is 1.50. The van der Waals surface area contributed by atoms with Crippen molar-refractivity contribution in [1.82, 2.24) is 4.98 Å². The van der Waals surface area contributed by atoms with Gasteiger partial charge in [0, 0.05) is 6.20 Å². The number of hydrogen-bond acceptors (Lipinski definition) is 2. The zero-order valence-corrected chi connectivity index (χ0v) is 9.07. The highest BCUT2D eigenvalue weighted by molar-refractivity contribution is 5.96. The molecule has 16 heavy (non-hydrogen) atoms. The SMILES string of the molecule is CC(=O)c1ccccc1OCc1ccc[nH]1. The Morgan fingerprint density at radius 3 is 2.75 bits per heavy atom. The number of aromatic nitrogens is 1. The number of Topliss-reactive ketones (excluding diaryl/α,β-unsaturated/α-hetero) is 1. The number of carbonyl (C=O) groups excluding carboxylic acids is 1. The Hall–Kier alpha value is -2.03. The Morgan fingerprint density at radius 1 is 1.25 bits per heavy atom. The van der Waals surface area contributed by atoms with Crippen molar-refractivity contribution < 1.29 is 9.53 Å². The Morgan fingerprint density at radius 2 is 2.06 bits per heavy atom. The lowest BCUT2D eigenvalue weighted by Crippen LogP contribution is -2.01. The summed E-state index contributed by atoms with van der Waals surface area (Å²) in [5.41, 5.74) is 1.60. The van der Waals surface area contributed by atoms with Gasteiger partial charge in [0.2, 0.25) is 0 Å². The summed E-state index contributed by atoms with van der Waals surface area (Å²) in [4.78, 5) is 14.4. The molecule has 0 radical (unpaired) electrons. The molecule has 1 aromatic heterocycles. The summed E-state index contributed by atoms with van der Waals surface area (Å²) in [6.07, 6.45) is 1.84. The van der Waals surface area contributed by atoms with Crippen LogP contribution in [0.4, 0.5) is 0 Å². The van der Waals surface area contributed by atoms with Gasteiger partial charge in [-0.1, -0.05) is 12.1 Å². The molecule has 0 aliphatic heterocycles. The molecule has 0 atom stereocenters. The Bertz CT molecular complexity index is 474. The van der Waals surface area contributed by atoms with Crippen LogP contribution >= 0.6 is 0 Å². The lowest BCUT2D eigenvalue weighted by Gasteiger charge is -2.08. The number of carbonyl (C=O) groups is 1. The van der Waals surface area contributed by atoms with E-state index in [9.17, 15) is 4.79 Å². The van der Waals surface area contributed by atoms with Gasteiger partial charge in [0.15, 0.2) is 5.78 Å². The van der Waals surface area contributed by atoms with Gasteiger partial charge in [-0.3, -0.25) is 4.79 Å². The van der Waals surface area contributed by atoms with Crippen LogP contribution in [0.2, 0.25) is 0 Å². The van der Waals surface area contributed by atoms with Crippen LogP contribution in [-0.2, 0) is 6.61 Å². The highest BCUT2D eigenvalue weighted by Crippen LogP contribution is 2.19. The normalized spacial score (nSPS) is 10.1. The van der Waals surface area contributed by atoms with Gasteiger partial charge >= 0.3 is 0 Å². The zero-order valence-electron chi connectivity index (χ0n) is 9.07. The Balaban J connectivity index is 2.12. The number of ether oxygens (including phenoxy) is 1. The van der Waals surface area contributed by atoms with E-state index in [0.717, 1.165) is 5.69 Å². The van der Waals surface area contributed by atoms with Crippen molar-refractivity contribution in [3.05, 3.63) is 53.9 Å². The van der Waals surface area contributed by atoms with Crippen LogP contribution in [0.1, 0.15) is 23.0 Å². The third-order valence-electron chi connectivity index (χ3n) is 2.31. The molecule has 1 heterocycles. The van der Waals surface area contributed by atoms with Crippen molar-refractivity contribution in [2.75, 3.05) is 0 Å². The van der Waals surface area contributed by atoms with E-state index in [1.54, 1.807) is 12.1 Å². The summed E-state index contributed by atoms with van der Waals surface area (Å²) in [6.45, 7) is 1.98. The maximum Gasteiger partial charge on any atom is 0.163 e. The maximum atomic E-state index is 11.3. The summed E-state index contributed by atoms with van der Waals surface area (Å²) in [7, 11) is 0. The van der Waals surface area contributed by atoms with Gasteiger partial charge in [-0.25, -0.2) is 0 Å². The molecule has 0 spiro atoms. The number of ketones is 1. The van der Waals surface area contributed by atoms with Crippen LogP contribution in [0.3, 0.4) is 0 Å². The van der Waals surface area contributed by atoms with Crippen molar-refractivity contribution >= 4 is 5.78 Å². The fraction of sp³-hybridized carbons (Fsp3) is 0.154. The lowest BCUT2D eigenvalue weighted by atomic mass is 10.1. The third-order valence-corrected chi connectivity index (χ3v) is 2.31. The smallest absolute Gasteiger partial charge is 0.163 e. The largest absolute Gasteiger partial charge is 0.487 e. The number of benzene rings is 1. The molecule has 0 unspecified atom stereocenters. The summed E-state index contributed by atoms with van der Waals surface area (Å²) in [6, 6.07) is 11.1. The van der Waals surface area contributed by atoms with Crippen LogP contribution in [0.15, 0.2) is 42.6 Å². The second-order valence-corrected chi connectivity index (χ2v) is 3.54. The quantitative estimate of drug-likeness (QED) is 0.797. The first kappa shape index (κ1) is 10.5. The summed E-state index contributed by atoms with van der Waals surface area (Å²) < 4.78 is 5.59. The molecule has 3 heteroatoms. The van der Waals surface area contributed by atoms with Crippen LogP contribution in [-0.4, -0.2) is 10.8 Å². The van der Waals surface area contributed by atoms with Gasteiger partial charge in [-0.2, -0.15) is 0 Å². The zero-order chi connectivity index (χ0) is 11.4. The minimum Gasteiger partial charge on any atom is -0.487 e. The van der Waals surface area contributed by atoms with Gasteiger partial charge in [0.05, 0.1) is 11.3 Å². The van der Waals surface area contributed by atoms with Crippen LogP contribution in [0.5, 0.6) is 5.75 Å². The minimum absolute atomic E-state index is 0.0158. The highest BCUT2D eigenvalue weighted by Gasteiger charge is 2.07. The number of para-hydroxylation sites is 1. The second-order valence-electron chi connectivity index (χ2n) is 3.54. The monoisotopic (exact) mass is 215 g/mol. The van der Waals surface area contributed by atoms with Crippen molar-refractivity contribution in [3.63, 3.8) is 0 Å². The van der Waals surface area contributed by atoms with E-state index in [1.165, 1.54) is 6.92 Å². The molecule has 3 nitrogen and oxygen atoms in total. The highest BCUT2D eigenvalue weighted by atomic mass is 16.5. The number of H-pyrrole nitrogens is 1. The maximum absolute atomic E-state index is 11.3. The number of rotatable bonds is 4. The van der Waals surface area contributed by atoms with E-state index in [2.05, 4.69) is 4.98 Å². The van der Waals surface area contributed by atoms with Crippen LogP contribution < -0.4 is 4.74 Å². The molecule has 0 aliphatic rings. The van der Waals surface area contributed by atoms with Gasteiger partial charge < -0.3 is 9.72 Å². The van der Waals surface area contributed by atoms with E-state index in [1.807, 2.05) is 30.5 Å². The molecule has 1 N–H and O–H groups in total. The molecule has 0 saturated heterocycles. The van der Waals surface area contributed by atoms with E-state index >= 15 is 0 Å². The molecule has 0 amide bonds. The number of aromatic amines is 1. The molecule has 0 fully saturated rings. The molecule has 1 aromatic carbocycles. The molecule has 82 valence electrons. The average Bonchev–Trinajstić information content (AvgIpc) is 2.79. The predicted molar refractivity (Wildman–Crippen MR) is 61.6 cm³/mol. The molecule has 0 saturated carbocycles. The lowest BCUT2D eigenvalue weighted by molar-refractivity contribution is 0.101. The Labute approximate surface area is 94.1 Å². The Kier molecular flexibility index (Phi) is 3.05. The summed E-state index contributed by atoms with van der Waals surface area (Å²) in [5.74, 6) is 0.645. The predicted octanol–water partition coefficient (Wildman–Crippen LogP) is 2.80. The van der Waals surface area contributed by atoms with Gasteiger partial charge in [-0.15, -0.1) is 0 Å².